The van der Waals surface area contributed by atoms with Gasteiger partial charge in [0.1, 0.15) is 6.67 Å². The molecule has 0 atom stereocenters. The highest BCUT2D eigenvalue weighted by Crippen LogP contribution is 2.02. The molecular formula is C12H27N2+. The fourth-order valence-electron chi connectivity index (χ4n) is 2.43. The summed E-state index contributed by atoms with van der Waals surface area (Å²) in [7, 11) is 0. The average Bonchev–Trinajstić information content (AvgIpc) is 2.15. The maximum Gasteiger partial charge on any atom is 0.133 e. The molecule has 2 heteroatoms. The quantitative estimate of drug-likeness (QED) is 0.713. The first kappa shape index (κ1) is 12.0. The minimum atomic E-state index is 0.685. The third-order valence-electron chi connectivity index (χ3n) is 3.29. The monoisotopic (exact) mass is 199 g/mol. The van der Waals surface area contributed by atoms with Gasteiger partial charge in [0, 0.05) is 12.1 Å². The summed E-state index contributed by atoms with van der Waals surface area (Å²) in [4.78, 5) is 4.40. The van der Waals surface area contributed by atoms with Gasteiger partial charge in [-0.3, -0.25) is 4.90 Å². The Hall–Kier alpha value is -0.0800. The number of quaternary nitrogens is 1. The van der Waals surface area contributed by atoms with Gasteiger partial charge in [-0.25, -0.2) is 0 Å². The molecule has 0 aromatic rings. The topological polar surface area (TPSA) is 7.68 Å². The SMILES string of the molecule is CC(C)N(C[NH+]1CCCCC1)C(C)C. The van der Waals surface area contributed by atoms with Gasteiger partial charge in [0.05, 0.1) is 13.1 Å². The first-order chi connectivity index (χ1) is 6.61. The van der Waals surface area contributed by atoms with Gasteiger partial charge >= 0.3 is 0 Å². The number of hydrogen-bond donors (Lipinski definition) is 1. The van der Waals surface area contributed by atoms with E-state index in [9.17, 15) is 0 Å². The van der Waals surface area contributed by atoms with Crippen LogP contribution in [0.15, 0.2) is 0 Å². The summed E-state index contributed by atoms with van der Waals surface area (Å²) in [6.45, 7) is 13.3. The van der Waals surface area contributed by atoms with Crippen molar-refractivity contribution in [3.63, 3.8) is 0 Å². The van der Waals surface area contributed by atoms with Crippen LogP contribution in [0.4, 0.5) is 0 Å². The predicted octanol–water partition coefficient (Wildman–Crippen LogP) is 1.13. The normalized spacial score (nSPS) is 19.9. The Morgan fingerprint density at radius 3 is 1.86 bits per heavy atom. The third kappa shape index (κ3) is 3.58. The number of nitrogens with zero attached hydrogens (tertiary/aromatic N) is 1. The molecule has 2 nitrogen and oxygen atoms in total. The molecule has 0 aliphatic carbocycles. The van der Waals surface area contributed by atoms with Crippen molar-refractivity contribution >= 4 is 0 Å². The lowest BCUT2D eigenvalue weighted by Crippen LogP contribution is -3.14. The maximum absolute atomic E-state index is 2.61. The summed E-state index contributed by atoms with van der Waals surface area (Å²) in [5.41, 5.74) is 0. The van der Waals surface area contributed by atoms with Crippen LogP contribution in [0.25, 0.3) is 0 Å². The van der Waals surface area contributed by atoms with Crippen LogP contribution in [-0.2, 0) is 0 Å². The molecule has 1 N–H and O–H groups in total. The van der Waals surface area contributed by atoms with E-state index in [4.69, 9.17) is 0 Å². The van der Waals surface area contributed by atoms with Crippen molar-refractivity contribution in [1.29, 1.82) is 0 Å². The fraction of sp³-hybridized carbons (Fsp3) is 1.00. The lowest BCUT2D eigenvalue weighted by Gasteiger charge is -2.34. The van der Waals surface area contributed by atoms with E-state index in [2.05, 4.69) is 32.6 Å². The molecule has 0 spiro atoms. The molecule has 0 saturated carbocycles. The van der Waals surface area contributed by atoms with Crippen LogP contribution in [0.1, 0.15) is 47.0 Å². The number of nitrogens with one attached hydrogen (secondary N) is 1. The molecule has 1 saturated heterocycles. The third-order valence-corrected chi connectivity index (χ3v) is 3.29. The van der Waals surface area contributed by atoms with Crippen molar-refractivity contribution in [2.45, 2.75) is 59.0 Å². The van der Waals surface area contributed by atoms with Crippen molar-refractivity contribution in [1.82, 2.24) is 4.90 Å². The second-order valence-electron chi connectivity index (χ2n) is 5.17. The van der Waals surface area contributed by atoms with Crippen molar-refractivity contribution in [3.8, 4) is 0 Å². The van der Waals surface area contributed by atoms with Crippen molar-refractivity contribution in [2.24, 2.45) is 0 Å². The van der Waals surface area contributed by atoms with Gasteiger partial charge in [0.25, 0.3) is 0 Å². The Morgan fingerprint density at radius 2 is 1.43 bits per heavy atom. The summed E-state index contributed by atoms with van der Waals surface area (Å²) in [6, 6.07) is 1.37. The zero-order valence-electron chi connectivity index (χ0n) is 10.3. The molecule has 0 unspecified atom stereocenters. The molecule has 1 fully saturated rings. The van der Waals surface area contributed by atoms with Gasteiger partial charge in [-0.15, -0.1) is 0 Å². The summed E-state index contributed by atoms with van der Waals surface area (Å²) < 4.78 is 0. The van der Waals surface area contributed by atoms with E-state index < -0.39 is 0 Å². The van der Waals surface area contributed by atoms with Gasteiger partial charge in [-0.05, 0) is 47.0 Å². The number of rotatable bonds is 4. The molecule has 1 heterocycles. The first-order valence-corrected chi connectivity index (χ1v) is 6.20. The highest BCUT2D eigenvalue weighted by atomic mass is 15.3. The molecule has 1 rings (SSSR count). The van der Waals surface area contributed by atoms with Crippen molar-refractivity contribution in [2.75, 3.05) is 19.8 Å². The molecule has 0 bridgehead atoms. The molecule has 0 aromatic carbocycles. The standard InChI is InChI=1S/C12H26N2/c1-11(2)14(12(3)4)10-13-8-6-5-7-9-13/h11-12H,5-10H2,1-4H3/p+1. The summed E-state index contributed by atoms with van der Waals surface area (Å²) in [5, 5.41) is 0. The number of likely N-dealkylation sites (tertiary alicyclic amines) is 1. The van der Waals surface area contributed by atoms with Crippen LogP contribution in [-0.4, -0.2) is 36.7 Å². The maximum atomic E-state index is 2.61. The van der Waals surface area contributed by atoms with E-state index in [-0.39, 0.29) is 0 Å². The van der Waals surface area contributed by atoms with Crippen molar-refractivity contribution in [3.05, 3.63) is 0 Å². The van der Waals surface area contributed by atoms with E-state index in [0.29, 0.717) is 12.1 Å². The molecule has 0 radical (unpaired) electrons. The second kappa shape index (κ2) is 5.72. The van der Waals surface area contributed by atoms with Gasteiger partial charge in [0.15, 0.2) is 0 Å². The van der Waals surface area contributed by atoms with Crippen molar-refractivity contribution < 1.29 is 4.90 Å². The van der Waals surface area contributed by atoms with Crippen LogP contribution in [0.5, 0.6) is 0 Å². The fourth-order valence-corrected chi connectivity index (χ4v) is 2.43. The Balaban J connectivity index is 2.37. The molecule has 14 heavy (non-hydrogen) atoms. The molecule has 0 aromatic heterocycles. The molecule has 84 valence electrons. The van der Waals surface area contributed by atoms with Gasteiger partial charge in [-0.1, -0.05) is 0 Å². The van der Waals surface area contributed by atoms with Crippen LogP contribution >= 0.6 is 0 Å². The van der Waals surface area contributed by atoms with Crippen LogP contribution in [0.3, 0.4) is 0 Å². The smallest absolute Gasteiger partial charge is 0.133 e. The lowest BCUT2D eigenvalue weighted by atomic mass is 10.1. The van der Waals surface area contributed by atoms with Gasteiger partial charge in [0.2, 0.25) is 0 Å². The van der Waals surface area contributed by atoms with Gasteiger partial charge in [-0.2, -0.15) is 0 Å². The zero-order chi connectivity index (χ0) is 10.6. The molecule has 1 aliphatic heterocycles. The predicted molar refractivity (Wildman–Crippen MR) is 61.5 cm³/mol. The summed E-state index contributed by atoms with van der Waals surface area (Å²) in [6.07, 6.45) is 4.31. The second-order valence-corrected chi connectivity index (χ2v) is 5.17. The van der Waals surface area contributed by atoms with Gasteiger partial charge < -0.3 is 4.90 Å². The summed E-state index contributed by atoms with van der Waals surface area (Å²) >= 11 is 0. The van der Waals surface area contributed by atoms with Crippen LogP contribution < -0.4 is 4.90 Å². The largest absolute Gasteiger partial charge is 0.322 e. The zero-order valence-corrected chi connectivity index (χ0v) is 10.3. The number of hydrogen-bond acceptors (Lipinski definition) is 1. The highest BCUT2D eigenvalue weighted by Gasteiger charge is 2.21. The molecule has 1 aliphatic rings. The lowest BCUT2D eigenvalue weighted by molar-refractivity contribution is -0.916. The van der Waals surface area contributed by atoms with Crippen LogP contribution in [0, 0.1) is 0 Å². The molecular weight excluding hydrogens is 172 g/mol. The Bertz CT molecular complexity index is 140. The average molecular weight is 199 g/mol. The van der Waals surface area contributed by atoms with E-state index in [1.807, 2.05) is 0 Å². The van der Waals surface area contributed by atoms with Crippen LogP contribution in [0.2, 0.25) is 0 Å². The van der Waals surface area contributed by atoms with E-state index in [1.54, 1.807) is 4.90 Å². The van der Waals surface area contributed by atoms with E-state index in [1.165, 1.54) is 39.0 Å². The minimum absolute atomic E-state index is 0.685. The van der Waals surface area contributed by atoms with E-state index in [0.717, 1.165) is 0 Å². The Morgan fingerprint density at radius 1 is 0.929 bits per heavy atom. The Labute approximate surface area is 89.3 Å². The summed E-state index contributed by atoms with van der Waals surface area (Å²) in [5.74, 6) is 0. The Kier molecular flexibility index (Phi) is 4.90. The number of piperidine rings is 1. The molecule has 0 amide bonds. The first-order valence-electron chi connectivity index (χ1n) is 6.20. The highest BCUT2D eigenvalue weighted by molar-refractivity contribution is 4.63. The van der Waals surface area contributed by atoms with E-state index >= 15 is 0 Å². The minimum Gasteiger partial charge on any atom is -0.322 e.